The second kappa shape index (κ2) is 5.69. The SMILES string of the molecule is CSc1ccc(C)c(C(=O)Nc2ccc3c(c2)OCO3)c1. The monoisotopic (exact) mass is 301 g/mol. The Kier molecular flexibility index (Phi) is 3.75. The number of fused-ring (bicyclic) bond motifs is 1. The highest BCUT2D eigenvalue weighted by Gasteiger charge is 2.15. The van der Waals surface area contributed by atoms with Crippen molar-refractivity contribution < 1.29 is 14.3 Å². The lowest BCUT2D eigenvalue weighted by molar-refractivity contribution is 0.102. The number of thioether (sulfide) groups is 1. The lowest BCUT2D eigenvalue weighted by atomic mass is 10.1. The van der Waals surface area contributed by atoms with Gasteiger partial charge < -0.3 is 14.8 Å². The predicted molar refractivity (Wildman–Crippen MR) is 83.5 cm³/mol. The summed E-state index contributed by atoms with van der Waals surface area (Å²) in [5.74, 6) is 1.23. The molecule has 0 bridgehead atoms. The van der Waals surface area contributed by atoms with E-state index in [1.54, 1.807) is 30.0 Å². The van der Waals surface area contributed by atoms with Gasteiger partial charge in [-0.3, -0.25) is 4.79 Å². The van der Waals surface area contributed by atoms with Crippen LogP contribution in [0.4, 0.5) is 5.69 Å². The van der Waals surface area contributed by atoms with Crippen LogP contribution in [0.3, 0.4) is 0 Å². The number of carbonyl (C=O) groups excluding carboxylic acids is 1. The van der Waals surface area contributed by atoms with Crippen molar-refractivity contribution in [3.05, 3.63) is 47.5 Å². The molecule has 0 atom stereocenters. The van der Waals surface area contributed by atoms with E-state index in [2.05, 4.69) is 5.32 Å². The highest BCUT2D eigenvalue weighted by Crippen LogP contribution is 2.34. The third kappa shape index (κ3) is 2.83. The Morgan fingerprint density at radius 3 is 2.76 bits per heavy atom. The quantitative estimate of drug-likeness (QED) is 0.878. The Balaban J connectivity index is 1.83. The van der Waals surface area contributed by atoms with E-state index in [1.165, 1.54) is 0 Å². The highest BCUT2D eigenvalue weighted by atomic mass is 32.2. The third-order valence-electron chi connectivity index (χ3n) is 3.32. The summed E-state index contributed by atoms with van der Waals surface area (Å²) in [4.78, 5) is 13.5. The van der Waals surface area contributed by atoms with Gasteiger partial charge in [0, 0.05) is 22.2 Å². The van der Waals surface area contributed by atoms with Gasteiger partial charge in [0.1, 0.15) is 0 Å². The molecule has 0 saturated heterocycles. The summed E-state index contributed by atoms with van der Waals surface area (Å²) < 4.78 is 10.6. The van der Waals surface area contributed by atoms with Crippen molar-refractivity contribution in [1.29, 1.82) is 0 Å². The largest absolute Gasteiger partial charge is 0.454 e. The molecule has 0 saturated carbocycles. The average Bonchev–Trinajstić information content (AvgIpc) is 2.95. The maximum atomic E-state index is 12.4. The smallest absolute Gasteiger partial charge is 0.255 e. The van der Waals surface area contributed by atoms with Crippen molar-refractivity contribution in [2.75, 3.05) is 18.4 Å². The number of hydrogen-bond donors (Lipinski definition) is 1. The van der Waals surface area contributed by atoms with Crippen LogP contribution in [-0.2, 0) is 0 Å². The summed E-state index contributed by atoms with van der Waals surface area (Å²) in [6.45, 7) is 2.15. The van der Waals surface area contributed by atoms with E-state index in [9.17, 15) is 4.79 Å². The molecule has 0 aliphatic carbocycles. The van der Waals surface area contributed by atoms with E-state index < -0.39 is 0 Å². The van der Waals surface area contributed by atoms with Crippen LogP contribution in [0.1, 0.15) is 15.9 Å². The van der Waals surface area contributed by atoms with E-state index in [1.807, 2.05) is 31.4 Å². The van der Waals surface area contributed by atoms with Crippen LogP contribution >= 0.6 is 11.8 Å². The summed E-state index contributed by atoms with van der Waals surface area (Å²) in [5, 5.41) is 2.90. The molecule has 0 spiro atoms. The fourth-order valence-corrected chi connectivity index (χ4v) is 2.59. The van der Waals surface area contributed by atoms with Crippen LogP contribution in [0.25, 0.3) is 0 Å². The molecule has 0 unspecified atom stereocenters. The Morgan fingerprint density at radius 2 is 1.95 bits per heavy atom. The van der Waals surface area contributed by atoms with Gasteiger partial charge in [-0.05, 0) is 43.0 Å². The molecule has 108 valence electrons. The molecule has 1 aliphatic heterocycles. The average molecular weight is 301 g/mol. The highest BCUT2D eigenvalue weighted by molar-refractivity contribution is 7.98. The minimum absolute atomic E-state index is 0.123. The van der Waals surface area contributed by atoms with E-state index in [0.29, 0.717) is 22.7 Å². The zero-order chi connectivity index (χ0) is 14.8. The van der Waals surface area contributed by atoms with E-state index >= 15 is 0 Å². The zero-order valence-electron chi connectivity index (χ0n) is 11.8. The van der Waals surface area contributed by atoms with Gasteiger partial charge in [-0.1, -0.05) is 6.07 Å². The topological polar surface area (TPSA) is 47.6 Å². The van der Waals surface area contributed by atoms with Crippen LogP contribution in [0.2, 0.25) is 0 Å². The fraction of sp³-hybridized carbons (Fsp3) is 0.188. The Morgan fingerprint density at radius 1 is 1.14 bits per heavy atom. The molecular weight excluding hydrogens is 286 g/mol. The number of ether oxygens (including phenoxy) is 2. The first-order valence-electron chi connectivity index (χ1n) is 6.53. The number of rotatable bonds is 3. The predicted octanol–water partition coefficient (Wildman–Crippen LogP) is 3.70. The minimum Gasteiger partial charge on any atom is -0.454 e. The molecule has 0 radical (unpaired) electrons. The van der Waals surface area contributed by atoms with Crippen LogP contribution in [0.5, 0.6) is 11.5 Å². The number of benzene rings is 2. The van der Waals surface area contributed by atoms with Gasteiger partial charge in [0.15, 0.2) is 11.5 Å². The maximum absolute atomic E-state index is 12.4. The van der Waals surface area contributed by atoms with Crippen LogP contribution < -0.4 is 14.8 Å². The Labute approximate surface area is 127 Å². The number of amides is 1. The lowest BCUT2D eigenvalue weighted by Gasteiger charge is -2.09. The zero-order valence-corrected chi connectivity index (χ0v) is 12.6. The number of carbonyl (C=O) groups is 1. The van der Waals surface area contributed by atoms with E-state index in [4.69, 9.17) is 9.47 Å². The summed E-state index contributed by atoms with van der Waals surface area (Å²) >= 11 is 1.62. The van der Waals surface area contributed by atoms with E-state index in [0.717, 1.165) is 10.5 Å². The van der Waals surface area contributed by atoms with Crippen molar-refractivity contribution >= 4 is 23.4 Å². The van der Waals surface area contributed by atoms with Crippen LogP contribution in [0, 0.1) is 6.92 Å². The summed E-state index contributed by atoms with van der Waals surface area (Å²) in [6.07, 6.45) is 1.99. The number of nitrogens with one attached hydrogen (secondary N) is 1. The summed E-state index contributed by atoms with van der Waals surface area (Å²) in [7, 11) is 0. The first-order valence-corrected chi connectivity index (χ1v) is 7.75. The third-order valence-corrected chi connectivity index (χ3v) is 4.05. The standard InChI is InChI=1S/C16H15NO3S/c1-10-3-5-12(21-2)8-13(10)16(18)17-11-4-6-14-15(7-11)20-9-19-14/h3-8H,9H2,1-2H3,(H,17,18). The van der Waals surface area contributed by atoms with Gasteiger partial charge in [-0.15, -0.1) is 11.8 Å². The molecular formula is C16H15NO3S. The van der Waals surface area contributed by atoms with Crippen molar-refractivity contribution in [2.45, 2.75) is 11.8 Å². The van der Waals surface area contributed by atoms with Crippen molar-refractivity contribution in [3.63, 3.8) is 0 Å². The molecule has 2 aromatic carbocycles. The molecule has 2 aromatic rings. The van der Waals surface area contributed by atoms with Crippen LogP contribution in [0.15, 0.2) is 41.3 Å². The lowest BCUT2D eigenvalue weighted by Crippen LogP contribution is -2.13. The summed E-state index contributed by atoms with van der Waals surface area (Å²) in [5.41, 5.74) is 2.32. The van der Waals surface area contributed by atoms with Gasteiger partial charge in [0.25, 0.3) is 5.91 Å². The second-order valence-electron chi connectivity index (χ2n) is 4.70. The molecule has 1 amide bonds. The Bertz CT molecular complexity index is 700. The minimum atomic E-state index is -0.123. The normalized spacial score (nSPS) is 12.3. The summed E-state index contributed by atoms with van der Waals surface area (Å²) in [6, 6.07) is 11.2. The molecule has 5 heteroatoms. The van der Waals surface area contributed by atoms with Gasteiger partial charge in [-0.25, -0.2) is 0 Å². The maximum Gasteiger partial charge on any atom is 0.255 e. The molecule has 1 N–H and O–H groups in total. The first kappa shape index (κ1) is 13.8. The molecule has 3 rings (SSSR count). The second-order valence-corrected chi connectivity index (χ2v) is 5.58. The first-order chi connectivity index (χ1) is 10.2. The van der Waals surface area contributed by atoms with Crippen molar-refractivity contribution in [2.24, 2.45) is 0 Å². The fourth-order valence-electron chi connectivity index (χ4n) is 2.15. The molecule has 4 nitrogen and oxygen atoms in total. The molecule has 1 aliphatic rings. The van der Waals surface area contributed by atoms with Gasteiger partial charge in [0.05, 0.1) is 0 Å². The van der Waals surface area contributed by atoms with Crippen molar-refractivity contribution in [1.82, 2.24) is 0 Å². The van der Waals surface area contributed by atoms with Gasteiger partial charge >= 0.3 is 0 Å². The van der Waals surface area contributed by atoms with Gasteiger partial charge in [-0.2, -0.15) is 0 Å². The molecule has 0 fully saturated rings. The molecule has 1 heterocycles. The number of hydrogen-bond acceptors (Lipinski definition) is 4. The Hall–Kier alpha value is -2.14. The number of anilines is 1. The molecule has 0 aromatic heterocycles. The van der Waals surface area contributed by atoms with Gasteiger partial charge in [0.2, 0.25) is 6.79 Å². The van der Waals surface area contributed by atoms with Crippen LogP contribution in [-0.4, -0.2) is 19.0 Å². The van der Waals surface area contributed by atoms with Crippen molar-refractivity contribution in [3.8, 4) is 11.5 Å². The molecule has 21 heavy (non-hydrogen) atoms. The van der Waals surface area contributed by atoms with E-state index in [-0.39, 0.29) is 12.7 Å². The number of aryl methyl sites for hydroxylation is 1.